The highest BCUT2D eigenvalue weighted by Crippen LogP contribution is 2.69. The number of hydrogen-bond donors (Lipinski definition) is 0. The minimum atomic E-state index is -0.290. The van der Waals surface area contributed by atoms with E-state index in [0.29, 0.717) is 0 Å². The number of fused-ring (bicyclic) bond motifs is 40. The Bertz CT molecular complexity index is 8110. The fourth-order valence-corrected chi connectivity index (χ4v) is 25.4. The van der Waals surface area contributed by atoms with Crippen LogP contribution in [0.1, 0.15) is 89.0 Å². The molecule has 20 aromatic rings. The SMILES string of the molecule is CN(C)c1cccc(-c2ccc3c(c2)-c2ccccc2C32c3ccccc3-c3ccccc32)c1.CN(C)c1cccc(-c2cccc3c2-c2ccccc2C32c3ccccc3-c3ccccc32)c1.CN(C)c1ccccc1-c1ccc2c(c1)-c1ccccc1C21c2ccccc2-c2ccccc21.CN(C)c1ccccc1-c1cccc2c1-c1ccccc1C21c2ccccc2-c2ccccc21. The van der Waals surface area contributed by atoms with Gasteiger partial charge in [-0.25, -0.2) is 0 Å². The predicted molar refractivity (Wildman–Crippen MR) is 570 cm³/mol. The van der Waals surface area contributed by atoms with Crippen LogP contribution in [0, 0.1) is 0 Å². The second-order valence-electron chi connectivity index (χ2n) is 38.2. The normalized spacial score (nSPS) is 13.8. The maximum absolute atomic E-state index is 2.41. The predicted octanol–water partition coefficient (Wildman–Crippen LogP) is 31.1. The topological polar surface area (TPSA) is 13.0 Å². The molecule has 0 fully saturated rings. The quantitative estimate of drug-likeness (QED) is 0.150. The summed E-state index contributed by atoms with van der Waals surface area (Å²) in [6.07, 6.45) is 0. The first kappa shape index (κ1) is 81.6. The molecule has 0 atom stereocenters. The van der Waals surface area contributed by atoms with Crippen LogP contribution >= 0.6 is 0 Å². The summed E-state index contributed by atoms with van der Waals surface area (Å²) in [5.41, 5.74) is 57.8. The Morgan fingerprint density at radius 3 is 0.676 bits per heavy atom. The van der Waals surface area contributed by atoms with Crippen molar-refractivity contribution in [2.75, 3.05) is 76.0 Å². The van der Waals surface area contributed by atoms with Crippen LogP contribution in [0.2, 0.25) is 0 Å². The first-order chi connectivity index (χ1) is 66.8. The van der Waals surface area contributed by atoms with Gasteiger partial charge in [0.1, 0.15) is 0 Å². The van der Waals surface area contributed by atoms with E-state index in [4.69, 9.17) is 0 Å². The third-order valence-corrected chi connectivity index (χ3v) is 30.8. The van der Waals surface area contributed by atoms with E-state index in [1.807, 2.05) is 0 Å². The van der Waals surface area contributed by atoms with Gasteiger partial charge in [-0.05, 0) is 260 Å². The van der Waals surface area contributed by atoms with Crippen LogP contribution in [0.25, 0.3) is 134 Å². The van der Waals surface area contributed by atoms with E-state index < -0.39 is 0 Å². The van der Waals surface area contributed by atoms with Crippen molar-refractivity contribution in [3.8, 4) is 134 Å². The number of nitrogens with zero attached hydrogens (tertiary/aromatic N) is 4. The molecule has 0 N–H and O–H groups in total. The van der Waals surface area contributed by atoms with Crippen molar-refractivity contribution >= 4 is 22.7 Å². The van der Waals surface area contributed by atoms with Crippen LogP contribution in [-0.2, 0) is 21.7 Å². The van der Waals surface area contributed by atoms with Crippen molar-refractivity contribution in [3.05, 3.63) is 550 Å². The molecular formula is C132H100N4. The molecule has 4 nitrogen and oxygen atoms in total. The lowest BCUT2D eigenvalue weighted by Gasteiger charge is -2.30. The van der Waals surface area contributed by atoms with Crippen molar-refractivity contribution < 1.29 is 0 Å². The van der Waals surface area contributed by atoms with E-state index in [1.165, 1.54) is 245 Å². The van der Waals surface area contributed by atoms with Crippen molar-refractivity contribution in [1.29, 1.82) is 0 Å². The van der Waals surface area contributed by atoms with Crippen LogP contribution in [-0.4, -0.2) is 56.4 Å². The van der Waals surface area contributed by atoms with Crippen molar-refractivity contribution in [3.63, 3.8) is 0 Å². The molecule has 4 spiro atoms. The molecule has 0 amide bonds. The first-order valence-corrected chi connectivity index (χ1v) is 47.7. The summed E-state index contributed by atoms with van der Waals surface area (Å²) in [6, 6.07) is 171. The van der Waals surface area contributed by atoms with Crippen LogP contribution < -0.4 is 19.6 Å². The molecule has 4 heteroatoms. The van der Waals surface area contributed by atoms with Crippen LogP contribution in [0.15, 0.2) is 461 Å². The summed E-state index contributed by atoms with van der Waals surface area (Å²) in [6.45, 7) is 0. The largest absolute Gasteiger partial charge is 0.378 e. The number of para-hydroxylation sites is 2. The molecule has 0 unspecified atom stereocenters. The fourth-order valence-electron chi connectivity index (χ4n) is 25.4. The second-order valence-corrected chi connectivity index (χ2v) is 38.2. The maximum Gasteiger partial charge on any atom is 0.0725 e. The van der Waals surface area contributed by atoms with E-state index in [-0.39, 0.29) is 21.7 Å². The van der Waals surface area contributed by atoms with Gasteiger partial charge in [-0.3, -0.25) is 0 Å². The zero-order valence-electron chi connectivity index (χ0n) is 77.7. The average molecular weight is 1740 g/mol. The number of benzene rings is 20. The summed E-state index contributed by atoms with van der Waals surface area (Å²) in [4.78, 5) is 8.74. The van der Waals surface area contributed by atoms with Gasteiger partial charge >= 0.3 is 0 Å². The van der Waals surface area contributed by atoms with E-state index in [2.05, 4.69) is 537 Å². The van der Waals surface area contributed by atoms with E-state index in [0.717, 1.165) is 0 Å². The minimum absolute atomic E-state index is 0.261. The van der Waals surface area contributed by atoms with Crippen LogP contribution in [0.3, 0.4) is 0 Å². The Balaban J connectivity index is 0.0000000965. The van der Waals surface area contributed by atoms with Gasteiger partial charge in [-0.15, -0.1) is 0 Å². The molecule has 8 aliphatic rings. The summed E-state index contributed by atoms with van der Waals surface area (Å²) in [5.74, 6) is 0. The molecule has 28 rings (SSSR count). The lowest BCUT2D eigenvalue weighted by molar-refractivity contribution is 0.794. The number of hydrogen-bond acceptors (Lipinski definition) is 4. The van der Waals surface area contributed by atoms with Crippen LogP contribution in [0.5, 0.6) is 0 Å². The highest BCUT2D eigenvalue weighted by Gasteiger charge is 2.57. The highest BCUT2D eigenvalue weighted by molar-refractivity contribution is 6.05. The molecule has 0 heterocycles. The molecule has 0 aromatic heterocycles. The van der Waals surface area contributed by atoms with Gasteiger partial charge in [0.25, 0.3) is 0 Å². The Morgan fingerprint density at radius 1 is 0.125 bits per heavy atom. The third-order valence-electron chi connectivity index (χ3n) is 30.8. The van der Waals surface area contributed by atoms with Gasteiger partial charge in [0.15, 0.2) is 0 Å². The van der Waals surface area contributed by atoms with Gasteiger partial charge in [-0.2, -0.15) is 0 Å². The smallest absolute Gasteiger partial charge is 0.0725 e. The summed E-state index contributed by atoms with van der Waals surface area (Å²) in [5, 5.41) is 0. The summed E-state index contributed by atoms with van der Waals surface area (Å²) >= 11 is 0. The van der Waals surface area contributed by atoms with Crippen molar-refractivity contribution in [1.82, 2.24) is 0 Å². The number of anilines is 4. The monoisotopic (exact) mass is 1740 g/mol. The first-order valence-electron chi connectivity index (χ1n) is 47.7. The minimum Gasteiger partial charge on any atom is -0.378 e. The molecule has 20 aromatic carbocycles. The Kier molecular flexibility index (Phi) is 19.0. The van der Waals surface area contributed by atoms with Crippen molar-refractivity contribution in [2.45, 2.75) is 21.7 Å². The Hall–Kier alpha value is -16.4. The molecule has 648 valence electrons. The van der Waals surface area contributed by atoms with Gasteiger partial charge in [0.05, 0.1) is 21.7 Å². The lowest BCUT2D eigenvalue weighted by Crippen LogP contribution is -2.25. The molecular weight excluding hydrogens is 1640 g/mol. The average Bonchev–Trinajstić information content (AvgIpc) is 1.53. The molecule has 0 bridgehead atoms. The zero-order valence-corrected chi connectivity index (χ0v) is 77.7. The standard InChI is InChI=1S/4C33H25N/c1-34(2)31-21-10-6-14-24(31)25-16-11-20-30-32(25)26-15-5-9-19-29(26)33(30)27-17-7-3-12-22(27)23-13-4-8-18-28(23)33;1-34(2)32-18-10-6-11-23(32)22-19-20-31-27(21-22)26-14-5-9-17-30(26)33(31)28-15-7-3-12-24(28)25-13-4-8-16-29(25)33;1-34(2)23-12-9-11-22(21-23)24-16-10-20-31-32(24)27-15-5-8-19-30(27)33(31)28-17-6-3-13-25(28)26-14-4-7-18-29(26)33;1-34(2)24-11-9-10-22(20-24)23-18-19-32-28(21-23)27-14-5-8-17-31(27)33(32)29-15-6-3-12-25(29)26-13-4-7-16-30(26)33/h4*3-21H,1-2H3. The molecule has 8 aliphatic carbocycles. The summed E-state index contributed by atoms with van der Waals surface area (Å²) < 4.78 is 0. The fraction of sp³-hybridized carbons (Fsp3) is 0.0909. The molecule has 0 radical (unpaired) electrons. The zero-order chi connectivity index (χ0) is 91.5. The molecule has 0 saturated carbocycles. The Labute approximate surface area is 798 Å². The molecule has 0 aliphatic heterocycles. The van der Waals surface area contributed by atoms with Gasteiger partial charge in [-0.1, -0.05) is 413 Å². The molecule has 136 heavy (non-hydrogen) atoms. The summed E-state index contributed by atoms with van der Waals surface area (Å²) in [7, 11) is 16.9. The third kappa shape index (κ3) is 11.6. The maximum atomic E-state index is 2.41. The Morgan fingerprint density at radius 2 is 0.331 bits per heavy atom. The molecule has 0 saturated heterocycles. The van der Waals surface area contributed by atoms with Gasteiger partial charge < -0.3 is 19.6 Å². The lowest BCUT2D eigenvalue weighted by atomic mass is 9.70. The second kappa shape index (κ2) is 31.7. The van der Waals surface area contributed by atoms with Crippen LogP contribution in [0.4, 0.5) is 22.7 Å². The van der Waals surface area contributed by atoms with Gasteiger partial charge in [0, 0.05) is 90.3 Å². The van der Waals surface area contributed by atoms with Gasteiger partial charge in [0.2, 0.25) is 0 Å². The van der Waals surface area contributed by atoms with E-state index in [1.54, 1.807) is 0 Å². The van der Waals surface area contributed by atoms with E-state index >= 15 is 0 Å². The van der Waals surface area contributed by atoms with Crippen molar-refractivity contribution in [2.24, 2.45) is 0 Å². The number of rotatable bonds is 8. The highest BCUT2D eigenvalue weighted by atomic mass is 15.1. The van der Waals surface area contributed by atoms with E-state index in [9.17, 15) is 0 Å².